The van der Waals surface area contributed by atoms with Crippen molar-refractivity contribution in [2.45, 2.75) is 51.4 Å². The van der Waals surface area contributed by atoms with Crippen LogP contribution in [0.15, 0.2) is 23.1 Å². The topological polar surface area (TPSA) is 51.1 Å². The Morgan fingerprint density at radius 3 is 2.64 bits per heavy atom. The van der Waals surface area contributed by atoms with Gasteiger partial charge in [-0.1, -0.05) is 19.8 Å². The summed E-state index contributed by atoms with van der Waals surface area (Å²) < 4.78 is 38.7. The Balaban J connectivity index is 2.06. The molecule has 4 nitrogen and oxygen atoms in total. The molecular weight excluding hydrogens is 297 g/mol. The van der Waals surface area contributed by atoms with Crippen LogP contribution in [-0.4, -0.2) is 16.5 Å². The number of alkyl halides is 3. The average Bonchev–Trinajstić information content (AvgIpc) is 2.42. The highest BCUT2D eigenvalue weighted by Gasteiger charge is 2.31. The van der Waals surface area contributed by atoms with Gasteiger partial charge in [0.1, 0.15) is 6.54 Å². The third-order valence-corrected chi connectivity index (χ3v) is 4.08. The van der Waals surface area contributed by atoms with E-state index in [1.807, 2.05) is 6.92 Å². The Kier molecular flexibility index (Phi) is 4.93. The van der Waals surface area contributed by atoms with Gasteiger partial charge in [-0.25, -0.2) is 0 Å². The molecule has 1 N–H and O–H groups in total. The van der Waals surface area contributed by atoms with Crippen LogP contribution in [0.1, 0.15) is 38.2 Å². The first kappa shape index (κ1) is 16.6. The number of carbonyl (C=O) groups is 1. The molecule has 1 aliphatic rings. The summed E-state index contributed by atoms with van der Waals surface area (Å²) in [5.41, 5.74) is -1.56. The summed E-state index contributed by atoms with van der Waals surface area (Å²) in [5.74, 6) is -0.0869. The van der Waals surface area contributed by atoms with E-state index < -0.39 is 29.8 Å². The number of hydrogen-bond donors (Lipinski definition) is 1. The van der Waals surface area contributed by atoms with Gasteiger partial charge in [-0.2, -0.15) is 13.2 Å². The van der Waals surface area contributed by atoms with Crippen LogP contribution in [0.2, 0.25) is 0 Å². The molecular formula is C15H19F3N2O2. The van der Waals surface area contributed by atoms with Crippen molar-refractivity contribution in [3.63, 3.8) is 0 Å². The maximum atomic E-state index is 12.6. The molecule has 22 heavy (non-hydrogen) atoms. The fourth-order valence-corrected chi connectivity index (χ4v) is 2.76. The quantitative estimate of drug-likeness (QED) is 0.932. The first-order valence-corrected chi connectivity index (χ1v) is 7.34. The molecule has 122 valence electrons. The number of aromatic nitrogens is 1. The molecule has 0 bridgehead atoms. The lowest BCUT2D eigenvalue weighted by Crippen LogP contribution is -2.43. The Morgan fingerprint density at radius 1 is 1.32 bits per heavy atom. The number of amides is 1. The largest absolute Gasteiger partial charge is 0.417 e. The van der Waals surface area contributed by atoms with Crippen LogP contribution in [0.25, 0.3) is 0 Å². The van der Waals surface area contributed by atoms with Crippen molar-refractivity contribution < 1.29 is 18.0 Å². The summed E-state index contributed by atoms with van der Waals surface area (Å²) in [6.07, 6.45) is 0.189. The zero-order chi connectivity index (χ0) is 16.3. The standard InChI is InChI=1S/C15H19F3N2O2/c1-10-4-2-3-5-12(10)19-13(21)9-20-8-11(15(16,17)18)6-7-14(20)22/h6-8,10,12H,2-5,9H2,1H3,(H,19,21)/t10-,12+/m0/s1. The lowest BCUT2D eigenvalue weighted by atomic mass is 9.86. The number of hydrogen-bond acceptors (Lipinski definition) is 2. The first-order chi connectivity index (χ1) is 10.3. The molecule has 1 fully saturated rings. The van der Waals surface area contributed by atoms with E-state index >= 15 is 0 Å². The third-order valence-electron chi connectivity index (χ3n) is 4.08. The van der Waals surface area contributed by atoms with Gasteiger partial charge in [-0.15, -0.1) is 0 Å². The van der Waals surface area contributed by atoms with E-state index in [0.29, 0.717) is 12.1 Å². The van der Waals surface area contributed by atoms with Crippen molar-refractivity contribution in [2.24, 2.45) is 5.92 Å². The fourth-order valence-electron chi connectivity index (χ4n) is 2.76. The molecule has 0 aromatic carbocycles. The number of pyridine rings is 1. The minimum Gasteiger partial charge on any atom is -0.352 e. The van der Waals surface area contributed by atoms with Crippen molar-refractivity contribution >= 4 is 5.91 Å². The highest BCUT2D eigenvalue weighted by molar-refractivity contribution is 5.76. The zero-order valence-corrected chi connectivity index (χ0v) is 12.3. The predicted molar refractivity (Wildman–Crippen MR) is 75.3 cm³/mol. The van der Waals surface area contributed by atoms with Crippen molar-refractivity contribution in [1.82, 2.24) is 9.88 Å². The second-order valence-electron chi connectivity index (χ2n) is 5.82. The van der Waals surface area contributed by atoms with E-state index in [1.165, 1.54) is 0 Å². The molecule has 2 atom stereocenters. The van der Waals surface area contributed by atoms with Gasteiger partial charge in [0.15, 0.2) is 0 Å². The van der Waals surface area contributed by atoms with Gasteiger partial charge in [0, 0.05) is 18.3 Å². The van der Waals surface area contributed by atoms with E-state index in [1.54, 1.807) is 0 Å². The highest BCUT2D eigenvalue weighted by atomic mass is 19.4. The molecule has 0 radical (unpaired) electrons. The molecule has 1 saturated carbocycles. The maximum absolute atomic E-state index is 12.6. The van der Waals surface area contributed by atoms with E-state index in [0.717, 1.165) is 42.4 Å². The third kappa shape index (κ3) is 4.11. The molecule has 1 aromatic heterocycles. The van der Waals surface area contributed by atoms with Crippen molar-refractivity contribution in [2.75, 3.05) is 0 Å². The molecule has 1 amide bonds. The van der Waals surface area contributed by atoms with Crippen molar-refractivity contribution in [1.29, 1.82) is 0 Å². The molecule has 7 heteroatoms. The molecule has 1 aromatic rings. The Bertz CT molecular complexity index is 595. The van der Waals surface area contributed by atoms with Gasteiger partial charge >= 0.3 is 6.18 Å². The second-order valence-corrected chi connectivity index (χ2v) is 5.82. The van der Waals surface area contributed by atoms with Gasteiger partial charge in [-0.05, 0) is 24.8 Å². The Labute approximate surface area is 126 Å². The number of rotatable bonds is 3. The zero-order valence-electron chi connectivity index (χ0n) is 12.3. The summed E-state index contributed by atoms with van der Waals surface area (Å²) in [5, 5.41) is 2.82. The maximum Gasteiger partial charge on any atom is 0.417 e. The molecule has 1 aliphatic carbocycles. The van der Waals surface area contributed by atoms with Gasteiger partial charge in [0.25, 0.3) is 5.56 Å². The fraction of sp³-hybridized carbons (Fsp3) is 0.600. The number of carbonyl (C=O) groups excluding carboxylic acids is 1. The van der Waals surface area contributed by atoms with Crippen LogP contribution in [-0.2, 0) is 17.5 Å². The SMILES string of the molecule is C[C@H]1CCCC[C@H]1NC(=O)Cn1cc(C(F)(F)F)ccc1=O. The minimum absolute atomic E-state index is 0.0303. The minimum atomic E-state index is -4.54. The summed E-state index contributed by atoms with van der Waals surface area (Å²) in [6.45, 7) is 1.65. The predicted octanol–water partition coefficient (Wildman–Crippen LogP) is 2.56. The van der Waals surface area contributed by atoms with Crippen LogP contribution < -0.4 is 10.9 Å². The van der Waals surface area contributed by atoms with Gasteiger partial charge in [0.05, 0.1) is 5.56 Å². The summed E-state index contributed by atoms with van der Waals surface area (Å²) in [6, 6.07) is 1.59. The van der Waals surface area contributed by atoms with Gasteiger partial charge in [-0.3, -0.25) is 9.59 Å². The van der Waals surface area contributed by atoms with E-state index in [9.17, 15) is 22.8 Å². The smallest absolute Gasteiger partial charge is 0.352 e. The second kappa shape index (κ2) is 6.54. The molecule has 1 heterocycles. The summed E-state index contributed by atoms with van der Waals surface area (Å²) >= 11 is 0. The van der Waals surface area contributed by atoms with Crippen LogP contribution in [0.3, 0.4) is 0 Å². The first-order valence-electron chi connectivity index (χ1n) is 7.34. The van der Waals surface area contributed by atoms with Crippen LogP contribution >= 0.6 is 0 Å². The molecule has 0 spiro atoms. The van der Waals surface area contributed by atoms with E-state index in [2.05, 4.69) is 5.32 Å². The summed E-state index contributed by atoms with van der Waals surface area (Å²) in [7, 11) is 0. The lowest BCUT2D eigenvalue weighted by molar-refractivity contribution is -0.138. The normalized spacial score (nSPS) is 22.4. The molecule has 0 saturated heterocycles. The van der Waals surface area contributed by atoms with Crippen LogP contribution in [0.4, 0.5) is 13.2 Å². The highest BCUT2D eigenvalue weighted by Crippen LogP contribution is 2.28. The van der Waals surface area contributed by atoms with E-state index in [-0.39, 0.29) is 6.04 Å². The van der Waals surface area contributed by atoms with Crippen molar-refractivity contribution in [3.05, 3.63) is 34.2 Å². The molecule has 0 unspecified atom stereocenters. The Morgan fingerprint density at radius 2 is 2.00 bits per heavy atom. The van der Waals surface area contributed by atoms with Crippen LogP contribution in [0.5, 0.6) is 0 Å². The molecule has 2 rings (SSSR count). The number of halogens is 3. The average molecular weight is 316 g/mol. The summed E-state index contributed by atoms with van der Waals surface area (Å²) in [4.78, 5) is 23.6. The Hall–Kier alpha value is -1.79. The number of nitrogens with zero attached hydrogens (tertiary/aromatic N) is 1. The monoisotopic (exact) mass is 316 g/mol. The van der Waals surface area contributed by atoms with E-state index in [4.69, 9.17) is 0 Å². The van der Waals surface area contributed by atoms with Crippen LogP contribution in [0, 0.1) is 5.92 Å². The number of nitrogens with one attached hydrogen (secondary N) is 1. The van der Waals surface area contributed by atoms with Gasteiger partial charge < -0.3 is 9.88 Å². The van der Waals surface area contributed by atoms with Gasteiger partial charge in [0.2, 0.25) is 5.91 Å². The lowest BCUT2D eigenvalue weighted by Gasteiger charge is -2.29. The van der Waals surface area contributed by atoms with Crippen molar-refractivity contribution in [3.8, 4) is 0 Å². The molecule has 0 aliphatic heterocycles.